The van der Waals surface area contributed by atoms with Crippen molar-refractivity contribution in [3.8, 4) is 11.5 Å². The summed E-state index contributed by atoms with van der Waals surface area (Å²) in [6.07, 6.45) is 1.96. The van der Waals surface area contributed by atoms with Gasteiger partial charge in [-0.1, -0.05) is 109 Å². The lowest BCUT2D eigenvalue weighted by Gasteiger charge is -2.11. The van der Waals surface area contributed by atoms with Crippen LogP contribution in [0.2, 0.25) is 0 Å². The molecule has 11 rings (SSSR count). The molecule has 0 aliphatic rings. The highest BCUT2D eigenvalue weighted by Crippen LogP contribution is 2.41. The Morgan fingerprint density at radius 3 is 2.11 bits per heavy atom. The summed E-state index contributed by atoms with van der Waals surface area (Å²) < 4.78 is 7.16. The summed E-state index contributed by atoms with van der Waals surface area (Å²) in [5, 5.41) is 10.9. The molecule has 0 fully saturated rings. The molecule has 0 atom stereocenters. The minimum Gasteiger partial charge on any atom is -0.292 e. The van der Waals surface area contributed by atoms with E-state index in [0.29, 0.717) is 0 Å². The number of hydrogen-bond acceptors (Lipinski definition) is 3. The molecule has 0 radical (unpaired) electrons. The molecule has 0 aliphatic carbocycles. The molecule has 0 aliphatic heterocycles. The lowest BCUT2D eigenvalue weighted by atomic mass is 10.0. The van der Waals surface area contributed by atoms with Gasteiger partial charge in [-0.25, -0.2) is 9.97 Å². The van der Waals surface area contributed by atoms with Crippen molar-refractivity contribution in [3.63, 3.8) is 0 Å². The lowest BCUT2D eigenvalue weighted by molar-refractivity contribution is 1.06. The number of thiophene rings is 1. The Balaban J connectivity index is 1.26. The highest BCUT2D eigenvalue weighted by molar-refractivity contribution is 7.26. The van der Waals surface area contributed by atoms with Gasteiger partial charge < -0.3 is 0 Å². The number of para-hydroxylation sites is 1. The van der Waals surface area contributed by atoms with Crippen LogP contribution in [0.25, 0.3) is 97.1 Å². The average Bonchev–Trinajstić information content (AvgIpc) is 3.78. The Kier molecular flexibility index (Phi) is 4.96. The molecule has 0 N–H and O–H groups in total. The van der Waals surface area contributed by atoms with E-state index in [1.165, 1.54) is 52.5 Å². The predicted molar refractivity (Wildman–Crippen MR) is 199 cm³/mol. The van der Waals surface area contributed by atoms with Crippen LogP contribution in [0, 0.1) is 0 Å². The fourth-order valence-corrected chi connectivity index (χ4v) is 8.87. The van der Waals surface area contributed by atoms with Crippen LogP contribution < -0.4 is 0 Å². The lowest BCUT2D eigenvalue weighted by Crippen LogP contribution is -2.01. The van der Waals surface area contributed by atoms with Crippen molar-refractivity contribution in [2.45, 2.75) is 0 Å². The van der Waals surface area contributed by atoms with Gasteiger partial charge in [0, 0.05) is 37.0 Å². The van der Waals surface area contributed by atoms with Crippen molar-refractivity contribution in [2.24, 2.45) is 0 Å². The normalized spacial score (nSPS) is 12.3. The van der Waals surface area contributed by atoms with Gasteiger partial charge in [0.25, 0.3) is 0 Å². The van der Waals surface area contributed by atoms with Gasteiger partial charge in [-0.3, -0.25) is 9.13 Å². The van der Waals surface area contributed by atoms with Crippen molar-refractivity contribution in [2.75, 3.05) is 0 Å². The molecule has 0 bridgehead atoms. The van der Waals surface area contributed by atoms with E-state index in [1.807, 2.05) is 17.5 Å². The minimum atomic E-state index is 0.812. The Hall–Kier alpha value is -6.04. The Morgan fingerprint density at radius 2 is 1.21 bits per heavy atom. The van der Waals surface area contributed by atoms with E-state index < -0.39 is 0 Å². The second-order valence-corrected chi connectivity index (χ2v) is 13.3. The van der Waals surface area contributed by atoms with Crippen LogP contribution in [0.3, 0.4) is 0 Å². The summed E-state index contributed by atoms with van der Waals surface area (Å²) in [5.74, 6) is 0.812. The summed E-state index contributed by atoms with van der Waals surface area (Å²) in [7, 11) is 0. The van der Waals surface area contributed by atoms with Crippen molar-refractivity contribution in [3.05, 3.63) is 146 Å². The molecular weight excluding hydrogens is 593 g/mol. The van der Waals surface area contributed by atoms with Crippen LogP contribution in [0.15, 0.2) is 146 Å². The Labute approximate surface area is 272 Å². The molecule has 0 unspecified atom stereocenters. The number of nitrogens with zero attached hydrogens (tertiary/aromatic N) is 4. The molecule has 4 nitrogen and oxygen atoms in total. The average molecular weight is 617 g/mol. The van der Waals surface area contributed by atoms with Crippen molar-refractivity contribution < 1.29 is 0 Å². The second kappa shape index (κ2) is 9.25. The molecule has 11 aromatic rings. The molecule has 0 saturated carbocycles. The van der Waals surface area contributed by atoms with E-state index in [0.717, 1.165) is 44.6 Å². The quantitative estimate of drug-likeness (QED) is 0.194. The minimum absolute atomic E-state index is 0.812. The third kappa shape index (κ3) is 3.41. The SMILES string of the molecule is c1ccc2cc3c(cc2c1)c1ccc2ccccc2c1n3-c1cnc2c(n1)c1ccccc1n2-c1cccc2c1sc1ccccc12. The maximum Gasteiger partial charge on any atom is 0.164 e. The maximum atomic E-state index is 5.48. The molecule has 4 heterocycles. The van der Waals surface area contributed by atoms with Crippen LogP contribution in [0.1, 0.15) is 0 Å². The zero-order valence-corrected chi connectivity index (χ0v) is 25.9. The first-order chi connectivity index (χ1) is 23.3. The van der Waals surface area contributed by atoms with E-state index in [1.54, 1.807) is 0 Å². The standard InChI is InChI=1S/C42H24N4S/c1-2-12-27-23-36-33(22-26(27)11-1)30-21-20-25-10-3-4-13-28(25)40(30)46(36)38-24-43-42-39(44-38)32-15-5-7-17-34(32)45(42)35-18-9-16-31-29-14-6-8-19-37(29)47-41(31)35/h1-24H. The summed E-state index contributed by atoms with van der Waals surface area (Å²) in [4.78, 5) is 10.7. The summed E-state index contributed by atoms with van der Waals surface area (Å²) in [6, 6.07) is 50.2. The van der Waals surface area contributed by atoms with Crippen LogP contribution in [-0.2, 0) is 0 Å². The van der Waals surface area contributed by atoms with Gasteiger partial charge in [-0.05, 0) is 46.5 Å². The van der Waals surface area contributed by atoms with E-state index in [-0.39, 0.29) is 0 Å². The zero-order chi connectivity index (χ0) is 30.6. The predicted octanol–water partition coefficient (Wildman–Crippen LogP) is 11.3. The molecule has 5 heteroatoms. The van der Waals surface area contributed by atoms with Crippen LogP contribution in [0.4, 0.5) is 0 Å². The molecule has 0 amide bonds. The smallest absolute Gasteiger partial charge is 0.164 e. The van der Waals surface area contributed by atoms with Crippen molar-refractivity contribution >= 4 is 96.9 Å². The highest BCUT2D eigenvalue weighted by atomic mass is 32.1. The van der Waals surface area contributed by atoms with Gasteiger partial charge in [0.15, 0.2) is 11.5 Å². The van der Waals surface area contributed by atoms with Crippen molar-refractivity contribution in [1.29, 1.82) is 0 Å². The van der Waals surface area contributed by atoms with Crippen molar-refractivity contribution in [1.82, 2.24) is 19.1 Å². The Morgan fingerprint density at radius 1 is 0.489 bits per heavy atom. The topological polar surface area (TPSA) is 35.6 Å². The van der Waals surface area contributed by atoms with Gasteiger partial charge in [0.1, 0.15) is 5.52 Å². The molecule has 47 heavy (non-hydrogen) atoms. The monoisotopic (exact) mass is 616 g/mol. The van der Waals surface area contributed by atoms with E-state index in [2.05, 4.69) is 149 Å². The number of hydrogen-bond donors (Lipinski definition) is 0. The van der Waals surface area contributed by atoms with Gasteiger partial charge in [-0.15, -0.1) is 11.3 Å². The van der Waals surface area contributed by atoms with E-state index in [4.69, 9.17) is 9.97 Å². The Bertz CT molecular complexity index is 3090. The first-order valence-corrected chi connectivity index (χ1v) is 16.7. The summed E-state index contributed by atoms with van der Waals surface area (Å²) in [6.45, 7) is 0. The highest BCUT2D eigenvalue weighted by Gasteiger charge is 2.21. The summed E-state index contributed by atoms with van der Waals surface area (Å²) >= 11 is 1.84. The fourth-order valence-electron chi connectivity index (χ4n) is 7.66. The number of rotatable bonds is 2. The molecule has 0 spiro atoms. The number of aromatic nitrogens is 4. The summed E-state index contributed by atoms with van der Waals surface area (Å²) in [5.41, 5.74) is 6.26. The second-order valence-electron chi connectivity index (χ2n) is 12.2. The number of benzene rings is 7. The zero-order valence-electron chi connectivity index (χ0n) is 25.1. The third-order valence-corrected chi connectivity index (χ3v) is 10.9. The fraction of sp³-hybridized carbons (Fsp3) is 0. The largest absolute Gasteiger partial charge is 0.292 e. The van der Waals surface area contributed by atoms with Gasteiger partial charge in [0.05, 0.1) is 33.1 Å². The molecule has 7 aromatic carbocycles. The molecular formula is C42H24N4S. The number of fused-ring (bicyclic) bond motifs is 12. The van der Waals surface area contributed by atoms with E-state index in [9.17, 15) is 0 Å². The molecule has 218 valence electrons. The first kappa shape index (κ1) is 25.2. The van der Waals surface area contributed by atoms with Crippen LogP contribution in [-0.4, -0.2) is 19.1 Å². The first-order valence-electron chi connectivity index (χ1n) is 15.8. The van der Waals surface area contributed by atoms with Crippen LogP contribution in [0.5, 0.6) is 0 Å². The maximum absolute atomic E-state index is 5.48. The van der Waals surface area contributed by atoms with Gasteiger partial charge in [0.2, 0.25) is 0 Å². The molecule has 0 saturated heterocycles. The van der Waals surface area contributed by atoms with Crippen LogP contribution >= 0.6 is 11.3 Å². The van der Waals surface area contributed by atoms with E-state index >= 15 is 0 Å². The van der Waals surface area contributed by atoms with Gasteiger partial charge in [-0.2, -0.15) is 0 Å². The van der Waals surface area contributed by atoms with Gasteiger partial charge >= 0.3 is 0 Å². The molecule has 4 aromatic heterocycles. The third-order valence-electron chi connectivity index (χ3n) is 9.73.